The highest BCUT2D eigenvalue weighted by Gasteiger charge is 2.64. The molecule has 1 aliphatic carbocycles. The van der Waals surface area contributed by atoms with Crippen molar-refractivity contribution in [2.24, 2.45) is 5.41 Å². The highest BCUT2D eigenvalue weighted by atomic mass is 32.3. The molecule has 3 heterocycles. The lowest BCUT2D eigenvalue weighted by atomic mass is 9.85. The number of likely N-dealkylation sites (N-methyl/N-ethyl adjacent to an activating group) is 1. The van der Waals surface area contributed by atoms with Crippen LogP contribution in [0.5, 0.6) is 0 Å². The van der Waals surface area contributed by atoms with Crippen LogP contribution in [0.25, 0.3) is 0 Å². The highest BCUT2D eigenvalue weighted by Crippen LogP contribution is 2.61. The number of rotatable bonds is 6. The second-order valence-electron chi connectivity index (χ2n) is 6.75. The van der Waals surface area contributed by atoms with Crippen molar-refractivity contribution >= 4 is 16.4 Å². The van der Waals surface area contributed by atoms with Gasteiger partial charge in [0.25, 0.3) is 0 Å². The number of hydrogen-bond acceptors (Lipinski definition) is 8. The van der Waals surface area contributed by atoms with Crippen molar-refractivity contribution in [3.63, 3.8) is 0 Å². The molecule has 2 atom stereocenters. The van der Waals surface area contributed by atoms with Gasteiger partial charge in [-0.3, -0.25) is 4.55 Å². The summed E-state index contributed by atoms with van der Waals surface area (Å²) in [6.45, 7) is 0.990. The lowest BCUT2D eigenvalue weighted by molar-refractivity contribution is -0.0530. The van der Waals surface area contributed by atoms with Gasteiger partial charge in [-0.1, -0.05) is 0 Å². The predicted octanol–water partition coefficient (Wildman–Crippen LogP) is -0.103. The summed E-state index contributed by atoms with van der Waals surface area (Å²) in [7, 11) is -2.95. The first-order valence-electron chi connectivity index (χ1n) is 8.07. The molecule has 0 radical (unpaired) electrons. The van der Waals surface area contributed by atoms with Crippen molar-refractivity contribution in [1.29, 1.82) is 0 Å². The Balaban J connectivity index is 1.60. The number of hydrogen-bond donors (Lipinski definition) is 2. The molecule has 4 rings (SSSR count). The number of urea groups is 1. The van der Waals surface area contributed by atoms with E-state index in [2.05, 4.69) is 19.8 Å². The Morgan fingerprint density at radius 2 is 2.20 bits per heavy atom. The van der Waals surface area contributed by atoms with Gasteiger partial charge in [-0.25, -0.2) is 4.79 Å². The van der Waals surface area contributed by atoms with E-state index in [1.165, 1.54) is 4.90 Å². The number of carbonyl (C=O) groups is 1. The number of carbonyl (C=O) groups excluding carboxylic acids is 1. The Hall–Kier alpha value is -1.76. The van der Waals surface area contributed by atoms with Crippen LogP contribution in [0.15, 0.2) is 4.42 Å². The summed E-state index contributed by atoms with van der Waals surface area (Å²) in [5.41, 5.74) is -0.238. The molecule has 2 amide bonds. The Morgan fingerprint density at radius 1 is 1.44 bits per heavy atom. The molecule has 1 spiro atoms. The van der Waals surface area contributed by atoms with Gasteiger partial charge in [0.05, 0.1) is 6.04 Å². The highest BCUT2D eigenvalue weighted by molar-refractivity contribution is 7.80. The number of nitrogens with one attached hydrogen (secondary N) is 1. The molecule has 3 aliphatic rings. The molecular formula is C13H19N5O6S. The largest absolute Gasteiger partial charge is 0.423 e. The van der Waals surface area contributed by atoms with Crippen LogP contribution in [-0.4, -0.2) is 65.3 Å². The van der Waals surface area contributed by atoms with Gasteiger partial charge in [0, 0.05) is 19.5 Å². The lowest BCUT2D eigenvalue weighted by Gasteiger charge is -2.34. The molecule has 11 nitrogen and oxygen atoms in total. The van der Waals surface area contributed by atoms with E-state index in [0.29, 0.717) is 37.7 Å². The van der Waals surface area contributed by atoms with Crippen LogP contribution in [0.1, 0.15) is 37.1 Å². The van der Waals surface area contributed by atoms with Gasteiger partial charge in [-0.15, -0.1) is 14.5 Å². The van der Waals surface area contributed by atoms with Gasteiger partial charge in [-0.2, -0.15) is 13.5 Å². The van der Waals surface area contributed by atoms with Gasteiger partial charge in [0.15, 0.2) is 0 Å². The number of nitrogens with zero attached hydrogens (tertiary/aromatic N) is 4. The molecule has 1 saturated carbocycles. The van der Waals surface area contributed by atoms with Gasteiger partial charge in [0.1, 0.15) is 6.04 Å². The summed E-state index contributed by atoms with van der Waals surface area (Å²) in [6, 6.07) is -1.45. The van der Waals surface area contributed by atoms with Crippen LogP contribution in [0, 0.1) is 5.41 Å². The molecule has 2 bridgehead atoms. The first-order chi connectivity index (χ1) is 11.8. The quantitative estimate of drug-likeness (QED) is 0.654. The minimum atomic E-state index is -4.77. The van der Waals surface area contributed by atoms with Gasteiger partial charge >= 0.3 is 16.4 Å². The van der Waals surface area contributed by atoms with Crippen molar-refractivity contribution in [3.05, 3.63) is 11.8 Å². The van der Waals surface area contributed by atoms with Crippen LogP contribution in [0.3, 0.4) is 0 Å². The zero-order chi connectivity index (χ0) is 17.8. The average Bonchev–Trinajstić information content (AvgIpc) is 3.05. The Bertz CT molecular complexity index is 791. The standard InChI is InChI=1S/C13H19N5O6S/c1-14-5-2-10-15-16-11(23-10)8-6-13(3-4-13)9-7-17(8)12(19)18(9)24-25(20,21)22/h8-9,14H,2-7H2,1H3,(H,20,21,22)/t8-,9-/m0/s1. The van der Waals surface area contributed by atoms with Crippen molar-refractivity contribution in [2.75, 3.05) is 20.1 Å². The molecule has 138 valence electrons. The van der Waals surface area contributed by atoms with Crippen LogP contribution < -0.4 is 5.32 Å². The molecule has 2 aliphatic heterocycles. The number of amides is 2. The molecular weight excluding hydrogens is 354 g/mol. The van der Waals surface area contributed by atoms with Crippen LogP contribution in [0.2, 0.25) is 0 Å². The maximum Gasteiger partial charge on any atom is 0.418 e. The van der Waals surface area contributed by atoms with Gasteiger partial charge in [0.2, 0.25) is 11.8 Å². The first-order valence-corrected chi connectivity index (χ1v) is 9.43. The number of aromatic nitrogens is 2. The van der Waals surface area contributed by atoms with Crippen molar-refractivity contribution in [3.8, 4) is 0 Å². The van der Waals surface area contributed by atoms with Gasteiger partial charge < -0.3 is 14.6 Å². The summed E-state index contributed by atoms with van der Waals surface area (Å²) < 4.78 is 41.4. The second-order valence-corrected chi connectivity index (χ2v) is 7.75. The van der Waals surface area contributed by atoms with E-state index in [1.807, 2.05) is 7.05 Å². The third kappa shape index (κ3) is 2.88. The van der Waals surface area contributed by atoms with E-state index in [0.717, 1.165) is 17.9 Å². The van der Waals surface area contributed by atoms with E-state index < -0.39 is 28.5 Å². The van der Waals surface area contributed by atoms with Crippen molar-refractivity contribution in [2.45, 2.75) is 37.8 Å². The fraction of sp³-hybridized carbons (Fsp3) is 0.769. The van der Waals surface area contributed by atoms with E-state index in [1.54, 1.807) is 0 Å². The Morgan fingerprint density at radius 3 is 2.84 bits per heavy atom. The van der Waals surface area contributed by atoms with E-state index >= 15 is 0 Å². The zero-order valence-electron chi connectivity index (χ0n) is 13.6. The molecule has 2 saturated heterocycles. The molecule has 1 aromatic heterocycles. The Labute approximate surface area is 144 Å². The fourth-order valence-corrected chi connectivity index (χ4v) is 4.14. The maximum absolute atomic E-state index is 12.6. The molecule has 0 aromatic carbocycles. The lowest BCUT2D eigenvalue weighted by Crippen LogP contribution is -2.43. The SMILES string of the molecule is CNCCc1nnc([C@@H]2CC3(CC3)[C@@H]3CN2C(=O)N3OS(=O)(=O)O)o1. The van der Waals surface area contributed by atoms with Crippen molar-refractivity contribution in [1.82, 2.24) is 25.5 Å². The molecule has 2 N–H and O–H groups in total. The molecule has 12 heteroatoms. The predicted molar refractivity (Wildman–Crippen MR) is 81.3 cm³/mol. The van der Waals surface area contributed by atoms with Crippen molar-refractivity contribution < 1.29 is 26.5 Å². The topological polar surface area (TPSA) is 138 Å². The summed E-state index contributed by atoms with van der Waals surface area (Å²) >= 11 is 0. The van der Waals surface area contributed by atoms with E-state index in [4.69, 9.17) is 8.97 Å². The fourth-order valence-electron chi connectivity index (χ4n) is 3.77. The van der Waals surface area contributed by atoms with Crippen LogP contribution >= 0.6 is 0 Å². The smallest absolute Gasteiger partial charge is 0.418 e. The van der Waals surface area contributed by atoms with E-state index in [9.17, 15) is 13.2 Å². The zero-order valence-corrected chi connectivity index (χ0v) is 14.4. The monoisotopic (exact) mass is 373 g/mol. The minimum Gasteiger partial charge on any atom is -0.423 e. The number of fused-ring (bicyclic) bond motifs is 3. The summed E-state index contributed by atoms with van der Waals surface area (Å²) in [4.78, 5) is 14.1. The Kier molecular flexibility index (Phi) is 3.76. The molecule has 25 heavy (non-hydrogen) atoms. The summed E-state index contributed by atoms with van der Waals surface area (Å²) in [5, 5.41) is 11.9. The van der Waals surface area contributed by atoms with Crippen LogP contribution in [0.4, 0.5) is 4.79 Å². The molecule has 1 aromatic rings. The number of hydroxylamine groups is 2. The maximum atomic E-state index is 12.6. The summed E-state index contributed by atoms with van der Waals surface area (Å²) in [5.74, 6) is 0.826. The number of piperidine rings is 1. The third-order valence-electron chi connectivity index (χ3n) is 5.19. The minimum absolute atomic E-state index is 0.238. The first kappa shape index (κ1) is 16.7. The van der Waals surface area contributed by atoms with Gasteiger partial charge in [-0.05, 0) is 31.7 Å². The normalized spacial score (nSPS) is 27.4. The summed E-state index contributed by atoms with van der Waals surface area (Å²) in [6.07, 6.45) is 2.88. The third-order valence-corrected chi connectivity index (χ3v) is 5.54. The second kappa shape index (κ2) is 5.62. The van der Waals surface area contributed by atoms with Crippen LogP contribution in [-0.2, 0) is 21.1 Å². The molecule has 3 fully saturated rings. The van der Waals surface area contributed by atoms with E-state index in [-0.39, 0.29) is 5.41 Å². The average molecular weight is 373 g/mol. The molecule has 0 unspecified atom stereocenters.